The molecular weight excluding hydrogens is 444 g/mol. The SMILES string of the molecule is COc1ccc(OC)c(C2Oc3ccccc3C3CC(c4ccc(Br)cc4)=NN32)c1. The van der Waals surface area contributed by atoms with Crippen molar-refractivity contribution in [3.05, 3.63) is 87.9 Å². The topological polar surface area (TPSA) is 43.3 Å². The van der Waals surface area contributed by atoms with Crippen LogP contribution in [-0.4, -0.2) is 24.9 Å². The number of nitrogens with zero attached hydrogens (tertiary/aromatic N) is 2. The van der Waals surface area contributed by atoms with Gasteiger partial charge in [0.1, 0.15) is 17.2 Å². The monoisotopic (exact) mass is 464 g/mol. The molecule has 0 saturated carbocycles. The maximum Gasteiger partial charge on any atom is 0.217 e. The first kappa shape index (κ1) is 19.0. The molecule has 0 bridgehead atoms. The van der Waals surface area contributed by atoms with Gasteiger partial charge in [-0.15, -0.1) is 0 Å². The summed E-state index contributed by atoms with van der Waals surface area (Å²) in [6.07, 6.45) is 0.396. The van der Waals surface area contributed by atoms with E-state index >= 15 is 0 Å². The quantitative estimate of drug-likeness (QED) is 0.495. The summed E-state index contributed by atoms with van der Waals surface area (Å²) in [5, 5.41) is 7.06. The minimum absolute atomic E-state index is 0.0921. The second-order valence-corrected chi connectivity index (χ2v) is 8.19. The predicted molar refractivity (Wildman–Crippen MR) is 119 cm³/mol. The van der Waals surface area contributed by atoms with Crippen LogP contribution in [0.4, 0.5) is 0 Å². The van der Waals surface area contributed by atoms with E-state index in [0.717, 1.165) is 50.5 Å². The van der Waals surface area contributed by atoms with E-state index in [1.54, 1.807) is 14.2 Å². The van der Waals surface area contributed by atoms with Crippen LogP contribution in [0, 0.1) is 0 Å². The van der Waals surface area contributed by atoms with Gasteiger partial charge in [-0.05, 0) is 42.0 Å². The molecule has 6 heteroatoms. The third-order valence-corrected chi connectivity index (χ3v) is 6.11. The average molecular weight is 465 g/mol. The Bertz CT molecular complexity index is 1110. The molecule has 2 aliphatic heterocycles. The number of methoxy groups -OCH3 is 2. The van der Waals surface area contributed by atoms with E-state index in [9.17, 15) is 0 Å². The molecule has 0 radical (unpaired) electrons. The molecule has 5 rings (SSSR count). The van der Waals surface area contributed by atoms with Crippen LogP contribution in [0.2, 0.25) is 0 Å². The fraction of sp³-hybridized carbons (Fsp3) is 0.208. The van der Waals surface area contributed by atoms with Crippen molar-refractivity contribution in [1.82, 2.24) is 5.01 Å². The molecule has 2 unspecified atom stereocenters. The maximum absolute atomic E-state index is 6.45. The number of halogens is 1. The molecule has 2 heterocycles. The highest BCUT2D eigenvalue weighted by Crippen LogP contribution is 2.49. The number of hydrogen-bond acceptors (Lipinski definition) is 5. The van der Waals surface area contributed by atoms with Gasteiger partial charge in [-0.1, -0.05) is 46.3 Å². The van der Waals surface area contributed by atoms with Crippen molar-refractivity contribution in [3.63, 3.8) is 0 Å². The Kier molecular flexibility index (Phi) is 4.87. The van der Waals surface area contributed by atoms with Gasteiger partial charge in [0, 0.05) is 16.5 Å². The number of hydrazone groups is 1. The van der Waals surface area contributed by atoms with Crippen LogP contribution in [0.1, 0.15) is 35.4 Å². The highest BCUT2D eigenvalue weighted by atomic mass is 79.9. The lowest BCUT2D eigenvalue weighted by Crippen LogP contribution is -2.33. The number of benzene rings is 3. The zero-order chi connectivity index (χ0) is 20.7. The summed E-state index contributed by atoms with van der Waals surface area (Å²) in [5.41, 5.74) is 4.18. The van der Waals surface area contributed by atoms with E-state index in [0.29, 0.717) is 0 Å². The zero-order valence-electron chi connectivity index (χ0n) is 16.7. The highest BCUT2D eigenvalue weighted by molar-refractivity contribution is 9.10. The summed E-state index contributed by atoms with van der Waals surface area (Å²) in [6.45, 7) is 0. The van der Waals surface area contributed by atoms with Crippen LogP contribution in [0.5, 0.6) is 17.2 Å². The van der Waals surface area contributed by atoms with Gasteiger partial charge in [-0.2, -0.15) is 5.10 Å². The lowest BCUT2D eigenvalue weighted by atomic mass is 9.96. The van der Waals surface area contributed by atoms with Gasteiger partial charge in [-0.3, -0.25) is 0 Å². The molecule has 3 aromatic rings. The standard InChI is InChI=1S/C24H21BrN2O3/c1-28-17-11-12-22(29-2)19(13-17)24-27-21(18-5-3-4-6-23(18)30-24)14-20(26-27)15-7-9-16(25)10-8-15/h3-13,21,24H,14H2,1-2H3. The van der Waals surface area contributed by atoms with Crippen LogP contribution in [0.25, 0.3) is 0 Å². The van der Waals surface area contributed by atoms with Gasteiger partial charge in [0.25, 0.3) is 0 Å². The Hall–Kier alpha value is -2.99. The number of rotatable bonds is 4. The van der Waals surface area contributed by atoms with Crippen molar-refractivity contribution in [2.24, 2.45) is 5.10 Å². The van der Waals surface area contributed by atoms with Crippen molar-refractivity contribution in [2.45, 2.75) is 18.7 Å². The Morgan fingerprint density at radius 3 is 2.53 bits per heavy atom. The van der Waals surface area contributed by atoms with E-state index in [1.807, 2.05) is 48.5 Å². The Morgan fingerprint density at radius 2 is 1.77 bits per heavy atom. The molecule has 0 spiro atoms. The second-order valence-electron chi connectivity index (χ2n) is 7.27. The molecule has 2 aliphatic rings. The molecule has 5 nitrogen and oxygen atoms in total. The molecule has 152 valence electrons. The Labute approximate surface area is 184 Å². The molecule has 0 aromatic heterocycles. The lowest BCUT2D eigenvalue weighted by molar-refractivity contribution is -0.0204. The first-order valence-electron chi connectivity index (χ1n) is 9.77. The minimum atomic E-state index is -0.414. The normalized spacial score (nSPS) is 19.4. The van der Waals surface area contributed by atoms with E-state index in [4.69, 9.17) is 19.3 Å². The molecule has 30 heavy (non-hydrogen) atoms. The molecule has 2 atom stereocenters. The van der Waals surface area contributed by atoms with Gasteiger partial charge >= 0.3 is 0 Å². The summed E-state index contributed by atoms with van der Waals surface area (Å²) in [6, 6.07) is 22.3. The molecule has 0 aliphatic carbocycles. The molecule has 0 N–H and O–H groups in total. The average Bonchev–Trinajstić information content (AvgIpc) is 3.24. The predicted octanol–water partition coefficient (Wildman–Crippen LogP) is 5.71. The molecule has 0 fully saturated rings. The Balaban J connectivity index is 1.62. The van der Waals surface area contributed by atoms with Gasteiger partial charge < -0.3 is 14.2 Å². The summed E-state index contributed by atoms with van der Waals surface area (Å²) >= 11 is 3.51. The maximum atomic E-state index is 6.45. The summed E-state index contributed by atoms with van der Waals surface area (Å²) < 4.78 is 18.6. The lowest BCUT2D eigenvalue weighted by Gasteiger charge is -2.38. The van der Waals surface area contributed by atoms with Gasteiger partial charge in [-0.25, -0.2) is 5.01 Å². The molecule has 0 amide bonds. The third-order valence-electron chi connectivity index (χ3n) is 5.58. The van der Waals surface area contributed by atoms with Crippen molar-refractivity contribution < 1.29 is 14.2 Å². The fourth-order valence-corrected chi connectivity index (χ4v) is 4.35. The first-order valence-corrected chi connectivity index (χ1v) is 10.6. The van der Waals surface area contributed by atoms with Crippen molar-refractivity contribution in [3.8, 4) is 17.2 Å². The van der Waals surface area contributed by atoms with Crippen LogP contribution < -0.4 is 14.2 Å². The highest BCUT2D eigenvalue weighted by Gasteiger charge is 2.42. The van der Waals surface area contributed by atoms with Crippen LogP contribution in [0.3, 0.4) is 0 Å². The minimum Gasteiger partial charge on any atom is -0.497 e. The number of hydrogen-bond donors (Lipinski definition) is 0. The Morgan fingerprint density at radius 1 is 0.967 bits per heavy atom. The van der Waals surface area contributed by atoms with E-state index in [2.05, 4.69) is 39.1 Å². The van der Waals surface area contributed by atoms with Gasteiger partial charge in [0.05, 0.1) is 31.5 Å². The number of ether oxygens (including phenoxy) is 3. The van der Waals surface area contributed by atoms with E-state index < -0.39 is 6.23 Å². The van der Waals surface area contributed by atoms with Gasteiger partial charge in [0.15, 0.2) is 0 Å². The summed E-state index contributed by atoms with van der Waals surface area (Å²) in [7, 11) is 3.32. The summed E-state index contributed by atoms with van der Waals surface area (Å²) in [5.74, 6) is 2.37. The molecular formula is C24H21BrN2O3. The van der Waals surface area contributed by atoms with Crippen LogP contribution >= 0.6 is 15.9 Å². The van der Waals surface area contributed by atoms with Crippen molar-refractivity contribution in [1.29, 1.82) is 0 Å². The fourth-order valence-electron chi connectivity index (χ4n) is 4.09. The third kappa shape index (κ3) is 3.21. The van der Waals surface area contributed by atoms with E-state index in [-0.39, 0.29) is 6.04 Å². The first-order chi connectivity index (χ1) is 14.7. The van der Waals surface area contributed by atoms with Crippen LogP contribution in [0.15, 0.2) is 76.3 Å². The zero-order valence-corrected chi connectivity index (χ0v) is 18.3. The summed E-state index contributed by atoms with van der Waals surface area (Å²) in [4.78, 5) is 0. The van der Waals surface area contributed by atoms with Crippen molar-refractivity contribution >= 4 is 21.6 Å². The van der Waals surface area contributed by atoms with Crippen molar-refractivity contribution in [2.75, 3.05) is 14.2 Å². The number of para-hydroxylation sites is 1. The smallest absolute Gasteiger partial charge is 0.217 e. The number of fused-ring (bicyclic) bond motifs is 3. The molecule has 3 aromatic carbocycles. The largest absolute Gasteiger partial charge is 0.497 e. The van der Waals surface area contributed by atoms with E-state index in [1.165, 1.54) is 0 Å². The van der Waals surface area contributed by atoms with Crippen LogP contribution in [-0.2, 0) is 0 Å². The second kappa shape index (κ2) is 7.69. The molecule has 0 saturated heterocycles. The van der Waals surface area contributed by atoms with Gasteiger partial charge in [0.2, 0.25) is 6.23 Å².